The van der Waals surface area contributed by atoms with Crippen LogP contribution in [0.15, 0.2) is 54.6 Å². The average molecular weight is 653 g/mol. The molecule has 0 amide bonds. The van der Waals surface area contributed by atoms with Crippen LogP contribution >= 0.6 is 23.5 Å². The molecule has 2 aromatic rings. The van der Waals surface area contributed by atoms with Crippen LogP contribution in [-0.4, -0.2) is 110 Å². The van der Waals surface area contributed by atoms with Gasteiger partial charge < -0.3 is 9.80 Å². The van der Waals surface area contributed by atoms with E-state index in [0.717, 1.165) is 50.5 Å². The zero-order chi connectivity index (χ0) is 31.7. The zero-order valence-corrected chi connectivity index (χ0v) is 30.8. The standard InChI is InChI=1S/C39H64N4S2/c1-40(30-34-11-7-5-8-12-34)21-23-43(26-28-45-4)33-36-15-18-38(19-16-36)39-20-17-37(29-39)31-41(2)22-24-42(25-27-44-3)32-35-13-9-6-10-14-35/h6,9-10,13-16,18-19,34,37,39H,5,7-8,11-12,17,20-33H2,1-4H3. The summed E-state index contributed by atoms with van der Waals surface area (Å²) in [6, 6.07) is 20.8. The second kappa shape index (κ2) is 21.1. The summed E-state index contributed by atoms with van der Waals surface area (Å²) < 4.78 is 0. The van der Waals surface area contributed by atoms with Gasteiger partial charge in [0, 0.05) is 77.0 Å². The maximum atomic E-state index is 2.69. The molecule has 0 spiro atoms. The highest BCUT2D eigenvalue weighted by Crippen LogP contribution is 2.38. The molecule has 2 aromatic carbocycles. The fourth-order valence-corrected chi connectivity index (χ4v) is 8.46. The fraction of sp³-hybridized carbons (Fsp3) is 0.692. The van der Waals surface area contributed by atoms with Gasteiger partial charge in [-0.1, -0.05) is 73.9 Å². The molecule has 0 radical (unpaired) electrons. The van der Waals surface area contributed by atoms with Crippen molar-refractivity contribution in [2.45, 2.75) is 70.4 Å². The Balaban J connectivity index is 1.19. The minimum Gasteiger partial charge on any atom is -0.305 e. The van der Waals surface area contributed by atoms with Crippen molar-refractivity contribution in [2.24, 2.45) is 11.8 Å². The molecule has 0 N–H and O–H groups in total. The first-order valence-electron chi connectivity index (χ1n) is 17.9. The molecule has 2 unspecified atom stereocenters. The molecular formula is C39H64N4S2. The third-order valence-electron chi connectivity index (χ3n) is 10.3. The molecule has 0 aliphatic heterocycles. The van der Waals surface area contributed by atoms with Crippen LogP contribution in [0.2, 0.25) is 0 Å². The van der Waals surface area contributed by atoms with Crippen LogP contribution in [0.5, 0.6) is 0 Å². The third kappa shape index (κ3) is 13.9. The van der Waals surface area contributed by atoms with Crippen molar-refractivity contribution in [3.05, 3.63) is 71.3 Å². The van der Waals surface area contributed by atoms with Gasteiger partial charge in [-0.3, -0.25) is 9.80 Å². The van der Waals surface area contributed by atoms with Crippen molar-refractivity contribution in [1.82, 2.24) is 19.6 Å². The van der Waals surface area contributed by atoms with Crippen LogP contribution < -0.4 is 0 Å². The molecule has 45 heavy (non-hydrogen) atoms. The summed E-state index contributed by atoms with van der Waals surface area (Å²) in [5.74, 6) is 4.89. The quantitative estimate of drug-likeness (QED) is 0.134. The lowest BCUT2D eigenvalue weighted by Crippen LogP contribution is -2.36. The monoisotopic (exact) mass is 652 g/mol. The molecular weight excluding hydrogens is 589 g/mol. The fourth-order valence-electron chi connectivity index (χ4n) is 7.58. The van der Waals surface area contributed by atoms with Crippen molar-refractivity contribution >= 4 is 23.5 Å². The molecule has 2 aliphatic carbocycles. The second-order valence-electron chi connectivity index (χ2n) is 14.2. The summed E-state index contributed by atoms with van der Waals surface area (Å²) in [6.07, 6.45) is 15.7. The van der Waals surface area contributed by atoms with Crippen LogP contribution in [-0.2, 0) is 13.1 Å². The highest BCUT2D eigenvalue weighted by atomic mass is 32.2. The summed E-state index contributed by atoms with van der Waals surface area (Å²) in [5.41, 5.74) is 4.47. The number of nitrogens with zero attached hydrogens (tertiary/aromatic N) is 4. The normalized spacial score (nSPS) is 19.5. The molecule has 0 bridgehead atoms. The highest BCUT2D eigenvalue weighted by molar-refractivity contribution is 7.98. The molecule has 0 heterocycles. The van der Waals surface area contributed by atoms with E-state index in [1.54, 1.807) is 5.56 Å². The third-order valence-corrected chi connectivity index (χ3v) is 11.5. The van der Waals surface area contributed by atoms with Crippen LogP contribution in [0.4, 0.5) is 0 Å². The maximum absolute atomic E-state index is 2.69. The minimum absolute atomic E-state index is 0.731. The number of hydrogen-bond donors (Lipinski definition) is 0. The topological polar surface area (TPSA) is 13.0 Å². The van der Waals surface area contributed by atoms with E-state index in [9.17, 15) is 0 Å². The molecule has 2 aliphatic rings. The van der Waals surface area contributed by atoms with Crippen molar-refractivity contribution in [3.63, 3.8) is 0 Å². The number of benzene rings is 2. The lowest BCUT2D eigenvalue weighted by molar-refractivity contribution is 0.193. The Hall–Kier alpha value is -1.02. The molecule has 4 nitrogen and oxygen atoms in total. The first-order chi connectivity index (χ1) is 22.0. The number of hydrogen-bond acceptors (Lipinski definition) is 6. The molecule has 2 atom stereocenters. The SMILES string of the molecule is CSCCN(CCN(C)CC1CCCCC1)Cc1ccc(C2CCC(CN(C)CCN(CCSC)Cc3ccccc3)C2)cc1. The van der Waals surface area contributed by atoms with Gasteiger partial charge in [-0.05, 0) is 93.2 Å². The molecule has 4 rings (SSSR count). The van der Waals surface area contributed by atoms with Crippen LogP contribution in [0.25, 0.3) is 0 Å². The van der Waals surface area contributed by atoms with Crippen LogP contribution in [0.1, 0.15) is 74.0 Å². The smallest absolute Gasteiger partial charge is 0.0234 e. The number of thioether (sulfide) groups is 2. The lowest BCUT2D eigenvalue weighted by Gasteiger charge is -2.29. The van der Waals surface area contributed by atoms with Gasteiger partial charge in [-0.25, -0.2) is 0 Å². The largest absolute Gasteiger partial charge is 0.305 e. The number of likely N-dealkylation sites (N-methyl/N-ethyl adjacent to an activating group) is 2. The number of rotatable bonds is 21. The van der Waals surface area contributed by atoms with Gasteiger partial charge in [0.1, 0.15) is 0 Å². The Kier molecular flexibility index (Phi) is 17.2. The van der Waals surface area contributed by atoms with Gasteiger partial charge in [0.25, 0.3) is 0 Å². The second-order valence-corrected chi connectivity index (χ2v) is 16.1. The van der Waals surface area contributed by atoms with Gasteiger partial charge in [-0.2, -0.15) is 23.5 Å². The average Bonchev–Trinajstić information content (AvgIpc) is 3.53. The lowest BCUT2D eigenvalue weighted by atomic mass is 9.89. The molecule has 0 aromatic heterocycles. The van der Waals surface area contributed by atoms with E-state index in [4.69, 9.17) is 0 Å². The summed E-state index contributed by atoms with van der Waals surface area (Å²) in [6.45, 7) is 11.7. The van der Waals surface area contributed by atoms with Crippen molar-refractivity contribution in [3.8, 4) is 0 Å². The molecule has 0 saturated heterocycles. The van der Waals surface area contributed by atoms with Crippen molar-refractivity contribution in [1.29, 1.82) is 0 Å². The Morgan fingerprint density at radius 1 is 0.578 bits per heavy atom. The van der Waals surface area contributed by atoms with Crippen LogP contribution in [0, 0.1) is 11.8 Å². The van der Waals surface area contributed by atoms with E-state index in [0.29, 0.717) is 0 Å². The Bertz CT molecular complexity index is 1030. The van der Waals surface area contributed by atoms with Crippen molar-refractivity contribution in [2.75, 3.05) is 90.5 Å². The zero-order valence-electron chi connectivity index (χ0n) is 29.2. The van der Waals surface area contributed by atoms with E-state index in [1.807, 2.05) is 23.5 Å². The Morgan fingerprint density at radius 2 is 1.13 bits per heavy atom. The van der Waals surface area contributed by atoms with E-state index < -0.39 is 0 Å². The molecule has 6 heteroatoms. The summed E-state index contributed by atoms with van der Waals surface area (Å²) >= 11 is 3.93. The van der Waals surface area contributed by atoms with Gasteiger partial charge in [0.2, 0.25) is 0 Å². The predicted molar refractivity (Wildman–Crippen MR) is 202 cm³/mol. The van der Waals surface area contributed by atoms with Gasteiger partial charge in [-0.15, -0.1) is 0 Å². The first kappa shape index (κ1) is 36.8. The summed E-state index contributed by atoms with van der Waals surface area (Å²) in [5, 5.41) is 0. The van der Waals surface area contributed by atoms with Crippen molar-refractivity contribution < 1.29 is 0 Å². The van der Waals surface area contributed by atoms with Gasteiger partial charge in [0.05, 0.1) is 0 Å². The summed E-state index contributed by atoms with van der Waals surface area (Å²) in [4.78, 5) is 10.5. The summed E-state index contributed by atoms with van der Waals surface area (Å²) in [7, 11) is 4.68. The highest BCUT2D eigenvalue weighted by Gasteiger charge is 2.27. The van der Waals surface area contributed by atoms with E-state index in [-0.39, 0.29) is 0 Å². The van der Waals surface area contributed by atoms with Gasteiger partial charge in [0.15, 0.2) is 0 Å². The Labute approximate surface area is 286 Å². The predicted octanol–water partition coefficient (Wildman–Crippen LogP) is 8.04. The van der Waals surface area contributed by atoms with Gasteiger partial charge >= 0.3 is 0 Å². The molecule has 252 valence electrons. The van der Waals surface area contributed by atoms with E-state index in [1.165, 1.54) is 107 Å². The van der Waals surface area contributed by atoms with Crippen LogP contribution in [0.3, 0.4) is 0 Å². The van der Waals surface area contributed by atoms with E-state index in [2.05, 4.69) is 101 Å². The minimum atomic E-state index is 0.731. The van der Waals surface area contributed by atoms with E-state index >= 15 is 0 Å². The molecule has 2 saturated carbocycles. The maximum Gasteiger partial charge on any atom is 0.0234 e. The Morgan fingerprint density at radius 3 is 1.71 bits per heavy atom. The molecule has 2 fully saturated rings. The first-order valence-corrected chi connectivity index (χ1v) is 20.7.